The molecule has 0 fully saturated rings. The highest BCUT2D eigenvalue weighted by molar-refractivity contribution is 5.26. The molecule has 4 atom stereocenters. The first-order chi connectivity index (χ1) is 11.5. The van der Waals surface area contributed by atoms with Crippen molar-refractivity contribution in [3.05, 3.63) is 42.0 Å². The minimum absolute atomic E-state index is 0.0282. The van der Waals surface area contributed by atoms with Gasteiger partial charge < -0.3 is 15.5 Å². The minimum atomic E-state index is -0.377. The van der Waals surface area contributed by atoms with Gasteiger partial charge in [0.1, 0.15) is 5.75 Å². The lowest BCUT2D eigenvalue weighted by Crippen LogP contribution is -2.39. The molecular weight excluding hydrogens is 298 g/mol. The highest BCUT2D eigenvalue weighted by Gasteiger charge is 2.17. The van der Waals surface area contributed by atoms with Crippen molar-refractivity contribution in [3.63, 3.8) is 0 Å². The standard InChI is InChI=1S/C21H35NO2/c1-5-16(2)14-17(3)8-6-7-9-21(24)20(22-4)15-18-10-12-19(23)13-11-18/h6,8,10-13,16-17,20-24H,5,7,9,14-15H2,1-4H3/b8-6+/t16-,17+,20-,21-/m1/s1. The van der Waals surface area contributed by atoms with Gasteiger partial charge in [-0.05, 0) is 62.3 Å². The first-order valence-corrected chi connectivity index (χ1v) is 9.26. The van der Waals surface area contributed by atoms with Crippen molar-refractivity contribution in [1.82, 2.24) is 5.32 Å². The van der Waals surface area contributed by atoms with Crippen LogP contribution in [0.4, 0.5) is 0 Å². The second-order valence-electron chi connectivity index (χ2n) is 7.06. The molecule has 24 heavy (non-hydrogen) atoms. The second kappa shape index (κ2) is 11.3. The van der Waals surface area contributed by atoms with E-state index in [1.54, 1.807) is 12.1 Å². The van der Waals surface area contributed by atoms with Gasteiger partial charge in [0.15, 0.2) is 0 Å². The molecule has 0 heterocycles. The number of aromatic hydroxyl groups is 1. The summed E-state index contributed by atoms with van der Waals surface area (Å²) in [6.45, 7) is 6.80. The zero-order valence-corrected chi connectivity index (χ0v) is 15.7. The average Bonchev–Trinajstić information content (AvgIpc) is 2.57. The molecule has 0 spiro atoms. The van der Waals surface area contributed by atoms with Gasteiger partial charge in [-0.2, -0.15) is 0 Å². The third-order valence-corrected chi connectivity index (χ3v) is 4.79. The van der Waals surface area contributed by atoms with Gasteiger partial charge in [0.2, 0.25) is 0 Å². The summed E-state index contributed by atoms with van der Waals surface area (Å²) >= 11 is 0. The third-order valence-electron chi connectivity index (χ3n) is 4.79. The second-order valence-corrected chi connectivity index (χ2v) is 7.06. The van der Waals surface area contributed by atoms with Crippen LogP contribution in [-0.4, -0.2) is 29.4 Å². The van der Waals surface area contributed by atoms with Gasteiger partial charge in [-0.3, -0.25) is 0 Å². The van der Waals surface area contributed by atoms with Crippen LogP contribution in [0.5, 0.6) is 5.75 Å². The zero-order chi connectivity index (χ0) is 17.9. The van der Waals surface area contributed by atoms with E-state index in [-0.39, 0.29) is 17.9 Å². The number of likely N-dealkylation sites (N-methyl/N-ethyl adjacent to an activating group) is 1. The summed E-state index contributed by atoms with van der Waals surface area (Å²) in [5, 5.41) is 23.0. The number of hydrogen-bond donors (Lipinski definition) is 3. The number of aliphatic hydroxyl groups excluding tert-OH is 1. The lowest BCUT2D eigenvalue weighted by Gasteiger charge is -2.22. The highest BCUT2D eigenvalue weighted by atomic mass is 16.3. The molecule has 3 heteroatoms. The smallest absolute Gasteiger partial charge is 0.115 e. The van der Waals surface area contributed by atoms with Gasteiger partial charge in [0.05, 0.1) is 6.10 Å². The van der Waals surface area contributed by atoms with Crippen LogP contribution >= 0.6 is 0 Å². The Morgan fingerprint density at radius 2 is 1.83 bits per heavy atom. The van der Waals surface area contributed by atoms with Gasteiger partial charge in [-0.25, -0.2) is 0 Å². The average molecular weight is 334 g/mol. The number of benzene rings is 1. The Balaban J connectivity index is 2.38. The highest BCUT2D eigenvalue weighted by Crippen LogP contribution is 2.17. The summed E-state index contributed by atoms with van der Waals surface area (Å²) in [4.78, 5) is 0. The molecule has 136 valence electrons. The number of allylic oxidation sites excluding steroid dienone is 2. The number of nitrogens with one attached hydrogen (secondary N) is 1. The van der Waals surface area contributed by atoms with Crippen molar-refractivity contribution < 1.29 is 10.2 Å². The van der Waals surface area contributed by atoms with Gasteiger partial charge in [0.25, 0.3) is 0 Å². The first kappa shape index (κ1) is 20.7. The molecule has 0 saturated heterocycles. The van der Waals surface area contributed by atoms with Crippen LogP contribution in [0.3, 0.4) is 0 Å². The largest absolute Gasteiger partial charge is 0.508 e. The van der Waals surface area contributed by atoms with Gasteiger partial charge in [0, 0.05) is 6.04 Å². The van der Waals surface area contributed by atoms with Crippen molar-refractivity contribution in [1.29, 1.82) is 0 Å². The molecule has 0 bridgehead atoms. The van der Waals surface area contributed by atoms with Gasteiger partial charge >= 0.3 is 0 Å². The Bertz CT molecular complexity index is 469. The Hall–Kier alpha value is -1.32. The lowest BCUT2D eigenvalue weighted by atomic mass is 9.94. The Morgan fingerprint density at radius 3 is 2.42 bits per heavy atom. The summed E-state index contributed by atoms with van der Waals surface area (Å²) in [5.74, 6) is 1.65. The molecule has 1 aromatic rings. The molecular formula is C21H35NO2. The number of aliphatic hydroxyl groups is 1. The first-order valence-electron chi connectivity index (χ1n) is 9.26. The van der Waals surface area contributed by atoms with E-state index in [4.69, 9.17) is 0 Å². The molecule has 0 aliphatic carbocycles. The normalized spacial score (nSPS) is 16.9. The monoisotopic (exact) mass is 333 g/mol. The SMILES string of the molecule is CC[C@@H](C)C[C@@H](C)/C=C/CC[C@@H](O)[C@@H](Cc1ccc(O)cc1)NC. The minimum Gasteiger partial charge on any atom is -0.508 e. The molecule has 3 nitrogen and oxygen atoms in total. The zero-order valence-electron chi connectivity index (χ0n) is 15.7. The van der Waals surface area contributed by atoms with E-state index in [9.17, 15) is 10.2 Å². The van der Waals surface area contributed by atoms with E-state index in [1.165, 1.54) is 12.8 Å². The molecule has 0 amide bonds. The topological polar surface area (TPSA) is 52.5 Å². The third kappa shape index (κ3) is 7.98. The quantitative estimate of drug-likeness (QED) is 0.529. The molecule has 1 rings (SSSR count). The molecule has 1 aromatic carbocycles. The van der Waals surface area contributed by atoms with E-state index in [1.807, 2.05) is 19.2 Å². The van der Waals surface area contributed by atoms with Crippen LogP contribution < -0.4 is 5.32 Å². The van der Waals surface area contributed by atoms with Crippen LogP contribution in [0.15, 0.2) is 36.4 Å². The molecule has 0 radical (unpaired) electrons. The van der Waals surface area contributed by atoms with E-state index in [0.717, 1.165) is 30.7 Å². The predicted octanol–water partition coefficient (Wildman–Crippen LogP) is 4.29. The maximum atomic E-state index is 10.4. The fourth-order valence-electron chi connectivity index (χ4n) is 2.99. The van der Waals surface area contributed by atoms with Crippen LogP contribution in [0.2, 0.25) is 0 Å². The number of hydrogen-bond acceptors (Lipinski definition) is 3. The molecule has 3 N–H and O–H groups in total. The Morgan fingerprint density at radius 1 is 1.17 bits per heavy atom. The summed E-state index contributed by atoms with van der Waals surface area (Å²) in [7, 11) is 1.89. The molecule has 0 unspecified atom stereocenters. The van der Waals surface area contributed by atoms with Crippen LogP contribution in [0, 0.1) is 11.8 Å². The fourth-order valence-corrected chi connectivity index (χ4v) is 2.99. The van der Waals surface area contributed by atoms with Crippen molar-refractivity contribution in [3.8, 4) is 5.75 Å². The Labute approximate surface area is 147 Å². The maximum Gasteiger partial charge on any atom is 0.115 e. The van der Waals surface area contributed by atoms with E-state index in [0.29, 0.717) is 5.92 Å². The fraction of sp³-hybridized carbons (Fsp3) is 0.619. The van der Waals surface area contributed by atoms with E-state index >= 15 is 0 Å². The van der Waals surface area contributed by atoms with E-state index < -0.39 is 0 Å². The maximum absolute atomic E-state index is 10.4. The van der Waals surface area contributed by atoms with Crippen molar-refractivity contribution in [2.24, 2.45) is 11.8 Å². The molecule has 0 saturated carbocycles. The van der Waals surface area contributed by atoms with Crippen LogP contribution in [0.1, 0.15) is 52.0 Å². The number of phenols is 1. The number of phenolic OH excluding ortho intramolecular Hbond substituents is 1. The van der Waals surface area contributed by atoms with Crippen molar-refractivity contribution >= 4 is 0 Å². The van der Waals surface area contributed by atoms with Gasteiger partial charge in [-0.1, -0.05) is 51.5 Å². The van der Waals surface area contributed by atoms with Crippen molar-refractivity contribution in [2.45, 2.75) is 65.0 Å². The molecule has 0 aliphatic rings. The Kier molecular flexibility index (Phi) is 9.73. The van der Waals surface area contributed by atoms with Crippen LogP contribution in [-0.2, 0) is 6.42 Å². The summed E-state index contributed by atoms with van der Waals surface area (Å²) in [6, 6.07) is 7.22. The summed E-state index contributed by atoms with van der Waals surface area (Å²) in [5.41, 5.74) is 1.11. The molecule has 0 aliphatic heterocycles. The van der Waals surface area contributed by atoms with Crippen molar-refractivity contribution in [2.75, 3.05) is 7.05 Å². The summed E-state index contributed by atoms with van der Waals surface area (Å²) < 4.78 is 0. The molecule has 0 aromatic heterocycles. The van der Waals surface area contributed by atoms with Crippen LogP contribution in [0.25, 0.3) is 0 Å². The van der Waals surface area contributed by atoms with E-state index in [2.05, 4.69) is 38.2 Å². The lowest BCUT2D eigenvalue weighted by molar-refractivity contribution is 0.122. The van der Waals surface area contributed by atoms with Gasteiger partial charge in [-0.15, -0.1) is 0 Å². The number of rotatable bonds is 11. The predicted molar refractivity (Wildman–Crippen MR) is 102 cm³/mol. The summed E-state index contributed by atoms with van der Waals surface area (Å²) in [6.07, 6.45) is 9.00.